The maximum Gasteiger partial charge on any atom is 0.197 e. The largest absolute Gasteiger partial charge is 0.294 e. The molecule has 1 aromatic carbocycles. The van der Waals surface area contributed by atoms with E-state index in [1.54, 1.807) is 12.1 Å². The van der Waals surface area contributed by atoms with Crippen LogP contribution in [0.5, 0.6) is 0 Å². The minimum Gasteiger partial charge on any atom is -0.294 e. The summed E-state index contributed by atoms with van der Waals surface area (Å²) in [5, 5.41) is 0.407. The fraction of sp³-hybridized carbons (Fsp3) is 0.231. The highest BCUT2D eigenvalue weighted by atomic mass is 127. The Hall–Kier alpha value is -0.680. The van der Waals surface area contributed by atoms with Crippen LogP contribution in [0, 0.1) is 3.57 Å². The van der Waals surface area contributed by atoms with Gasteiger partial charge in [0.2, 0.25) is 0 Å². The van der Waals surface area contributed by atoms with Gasteiger partial charge in [0.25, 0.3) is 0 Å². The molecule has 2 nitrogen and oxygen atoms in total. The van der Waals surface area contributed by atoms with E-state index in [0.29, 0.717) is 23.4 Å². The van der Waals surface area contributed by atoms with Gasteiger partial charge in [-0.2, -0.15) is 0 Å². The van der Waals surface area contributed by atoms with Crippen LogP contribution in [-0.4, -0.2) is 11.6 Å². The van der Waals surface area contributed by atoms with E-state index >= 15 is 0 Å². The SMILES string of the molecule is O=C1CCCC(Cl)=C1C(=O)c1ccc(I)cc1. The summed E-state index contributed by atoms with van der Waals surface area (Å²) < 4.78 is 1.05. The van der Waals surface area contributed by atoms with Gasteiger partial charge >= 0.3 is 0 Å². The first-order valence-corrected chi connectivity index (χ1v) is 6.77. The number of benzene rings is 1. The lowest BCUT2D eigenvalue weighted by molar-refractivity contribution is -0.115. The molecule has 17 heavy (non-hydrogen) atoms. The molecule has 1 aromatic rings. The third-order valence-electron chi connectivity index (χ3n) is 2.68. The van der Waals surface area contributed by atoms with Crippen molar-refractivity contribution in [1.29, 1.82) is 0 Å². The molecule has 0 amide bonds. The van der Waals surface area contributed by atoms with Gasteiger partial charge in [0.05, 0.1) is 5.57 Å². The van der Waals surface area contributed by atoms with E-state index in [1.807, 2.05) is 12.1 Å². The number of allylic oxidation sites excluding steroid dienone is 2. The highest BCUT2D eigenvalue weighted by Gasteiger charge is 2.26. The zero-order valence-corrected chi connectivity index (χ0v) is 11.9. The van der Waals surface area contributed by atoms with Crippen molar-refractivity contribution in [3.63, 3.8) is 0 Å². The van der Waals surface area contributed by atoms with Crippen molar-refractivity contribution >= 4 is 45.8 Å². The van der Waals surface area contributed by atoms with E-state index in [2.05, 4.69) is 22.6 Å². The monoisotopic (exact) mass is 360 g/mol. The van der Waals surface area contributed by atoms with Gasteiger partial charge in [-0.1, -0.05) is 11.6 Å². The van der Waals surface area contributed by atoms with E-state index in [4.69, 9.17) is 11.6 Å². The van der Waals surface area contributed by atoms with Crippen LogP contribution in [0.1, 0.15) is 29.6 Å². The predicted octanol–water partition coefficient (Wildman–Crippen LogP) is 3.72. The first-order valence-electron chi connectivity index (χ1n) is 5.31. The minimum atomic E-state index is -0.254. The van der Waals surface area contributed by atoms with Crippen molar-refractivity contribution in [3.05, 3.63) is 44.0 Å². The molecular weight excluding hydrogens is 350 g/mol. The summed E-state index contributed by atoms with van der Waals surface area (Å²) in [4.78, 5) is 23.9. The Labute approximate surface area is 118 Å². The highest BCUT2D eigenvalue weighted by molar-refractivity contribution is 14.1. The maximum absolute atomic E-state index is 12.2. The van der Waals surface area contributed by atoms with Crippen molar-refractivity contribution in [2.45, 2.75) is 19.3 Å². The smallest absolute Gasteiger partial charge is 0.197 e. The summed E-state index contributed by atoms with van der Waals surface area (Å²) in [6.45, 7) is 0. The summed E-state index contributed by atoms with van der Waals surface area (Å²) >= 11 is 8.16. The van der Waals surface area contributed by atoms with Crippen LogP contribution in [0.25, 0.3) is 0 Å². The first kappa shape index (κ1) is 12.8. The van der Waals surface area contributed by atoms with Gasteiger partial charge in [-0.25, -0.2) is 0 Å². The second-order valence-corrected chi connectivity index (χ2v) is 5.59. The van der Waals surface area contributed by atoms with E-state index in [0.717, 1.165) is 9.99 Å². The summed E-state index contributed by atoms with van der Waals surface area (Å²) in [6, 6.07) is 7.14. The second kappa shape index (κ2) is 5.31. The molecule has 2 rings (SSSR count). The molecule has 1 aliphatic rings. The fourth-order valence-corrected chi connectivity index (χ4v) is 2.49. The summed E-state index contributed by atoms with van der Waals surface area (Å²) in [7, 11) is 0. The number of carbonyl (C=O) groups is 2. The zero-order chi connectivity index (χ0) is 12.4. The van der Waals surface area contributed by atoms with E-state index in [9.17, 15) is 9.59 Å². The lowest BCUT2D eigenvalue weighted by atomic mass is 9.92. The van der Waals surface area contributed by atoms with Crippen molar-refractivity contribution in [2.75, 3.05) is 0 Å². The normalized spacial score (nSPS) is 16.2. The number of hydrogen-bond donors (Lipinski definition) is 0. The molecule has 0 aliphatic heterocycles. The number of rotatable bonds is 2. The van der Waals surface area contributed by atoms with Crippen LogP contribution in [-0.2, 0) is 4.79 Å². The Kier molecular flexibility index (Phi) is 3.99. The number of Topliss-reactive ketones (excluding diaryl/α,β-unsaturated/α-hetero) is 2. The highest BCUT2D eigenvalue weighted by Crippen LogP contribution is 2.27. The van der Waals surface area contributed by atoms with Crippen molar-refractivity contribution < 1.29 is 9.59 Å². The predicted molar refractivity (Wildman–Crippen MR) is 75.2 cm³/mol. The third-order valence-corrected chi connectivity index (χ3v) is 3.78. The van der Waals surface area contributed by atoms with Gasteiger partial charge in [-0.3, -0.25) is 9.59 Å². The molecule has 0 aromatic heterocycles. The van der Waals surface area contributed by atoms with Crippen molar-refractivity contribution in [3.8, 4) is 0 Å². The molecule has 0 fully saturated rings. The first-order chi connectivity index (χ1) is 8.09. The van der Waals surface area contributed by atoms with E-state index in [-0.39, 0.29) is 17.1 Å². The standard InChI is InChI=1S/C13H10ClIO2/c14-10-2-1-3-11(16)12(10)13(17)8-4-6-9(15)7-5-8/h4-7H,1-3H2. The van der Waals surface area contributed by atoms with Crippen LogP contribution in [0.2, 0.25) is 0 Å². The van der Waals surface area contributed by atoms with Crippen LogP contribution in [0.4, 0.5) is 0 Å². The van der Waals surface area contributed by atoms with Gasteiger partial charge in [0, 0.05) is 20.6 Å². The summed E-state index contributed by atoms with van der Waals surface area (Å²) in [5.74, 6) is -0.388. The average Bonchev–Trinajstić information content (AvgIpc) is 2.29. The van der Waals surface area contributed by atoms with E-state index < -0.39 is 0 Å². The molecule has 0 N–H and O–H groups in total. The summed E-state index contributed by atoms with van der Waals surface area (Å²) in [6.07, 6.45) is 1.78. The zero-order valence-electron chi connectivity index (χ0n) is 9.00. The number of ketones is 2. The Balaban J connectivity index is 2.37. The molecule has 0 bridgehead atoms. The Morgan fingerprint density at radius 1 is 1.18 bits per heavy atom. The Bertz CT molecular complexity index is 503. The van der Waals surface area contributed by atoms with Crippen molar-refractivity contribution in [2.24, 2.45) is 0 Å². The van der Waals surface area contributed by atoms with Gasteiger partial charge in [0.1, 0.15) is 0 Å². The number of carbonyl (C=O) groups excluding carboxylic acids is 2. The molecule has 0 atom stereocenters. The molecule has 0 saturated heterocycles. The molecular formula is C13H10ClIO2. The Morgan fingerprint density at radius 3 is 2.41 bits per heavy atom. The topological polar surface area (TPSA) is 34.1 Å². The number of hydrogen-bond acceptors (Lipinski definition) is 2. The van der Waals surface area contributed by atoms with Gasteiger partial charge in [-0.05, 0) is 59.7 Å². The molecule has 88 valence electrons. The molecule has 0 unspecified atom stereocenters. The number of halogens is 2. The molecule has 1 aliphatic carbocycles. The quantitative estimate of drug-likeness (QED) is 0.458. The van der Waals surface area contributed by atoms with Gasteiger partial charge in [0.15, 0.2) is 11.6 Å². The molecule has 0 saturated carbocycles. The van der Waals surface area contributed by atoms with Crippen LogP contribution in [0.15, 0.2) is 34.9 Å². The molecule has 0 spiro atoms. The molecule has 0 heterocycles. The van der Waals surface area contributed by atoms with Gasteiger partial charge < -0.3 is 0 Å². The van der Waals surface area contributed by atoms with E-state index in [1.165, 1.54) is 0 Å². The lowest BCUT2D eigenvalue weighted by Crippen LogP contribution is -2.18. The second-order valence-electron chi connectivity index (χ2n) is 3.89. The maximum atomic E-state index is 12.2. The average molecular weight is 361 g/mol. The van der Waals surface area contributed by atoms with Crippen LogP contribution >= 0.6 is 34.2 Å². The fourth-order valence-electron chi connectivity index (χ4n) is 1.80. The minimum absolute atomic E-state index is 0.134. The lowest BCUT2D eigenvalue weighted by Gasteiger charge is -2.13. The Morgan fingerprint density at radius 2 is 1.82 bits per heavy atom. The van der Waals surface area contributed by atoms with Gasteiger partial charge in [-0.15, -0.1) is 0 Å². The third kappa shape index (κ3) is 2.77. The molecule has 4 heteroatoms. The van der Waals surface area contributed by atoms with Crippen LogP contribution in [0.3, 0.4) is 0 Å². The van der Waals surface area contributed by atoms with Crippen LogP contribution < -0.4 is 0 Å². The molecule has 0 radical (unpaired) electrons. The van der Waals surface area contributed by atoms with Crippen molar-refractivity contribution in [1.82, 2.24) is 0 Å². The summed E-state index contributed by atoms with van der Waals surface area (Å²) in [5.41, 5.74) is 0.702.